The average molecular weight is 574 g/mol. The van der Waals surface area contributed by atoms with Gasteiger partial charge in [0.25, 0.3) is 12.3 Å². The van der Waals surface area contributed by atoms with Crippen molar-refractivity contribution in [1.82, 2.24) is 34.8 Å². The summed E-state index contributed by atoms with van der Waals surface area (Å²) in [6, 6.07) is 9.06. The quantitative estimate of drug-likeness (QED) is 0.321. The fourth-order valence-corrected chi connectivity index (χ4v) is 4.91. The van der Waals surface area contributed by atoms with E-state index in [2.05, 4.69) is 50.6 Å². The molecule has 2 aromatic heterocycles. The Hall–Kier alpha value is -3.74. The minimum Gasteiger partial charge on any atom is -0.378 e. The summed E-state index contributed by atoms with van der Waals surface area (Å²) < 4.78 is 49.0. The molecule has 1 aliphatic heterocycles. The fraction of sp³-hybridized carbons (Fsp3) is 0.333. The first kappa shape index (κ1) is 27.8. The van der Waals surface area contributed by atoms with Crippen molar-refractivity contribution < 1.29 is 22.7 Å². The van der Waals surface area contributed by atoms with Crippen LogP contribution in [0.3, 0.4) is 0 Å². The van der Waals surface area contributed by atoms with Crippen molar-refractivity contribution in [2.45, 2.75) is 39.1 Å². The zero-order valence-electron chi connectivity index (χ0n) is 21.9. The van der Waals surface area contributed by atoms with Gasteiger partial charge in [-0.3, -0.25) is 9.48 Å². The number of likely N-dealkylation sites (N-methyl/N-ethyl adjacent to an activating group) is 1. The van der Waals surface area contributed by atoms with Crippen molar-refractivity contribution in [2.75, 3.05) is 20.7 Å². The van der Waals surface area contributed by atoms with E-state index in [1.807, 2.05) is 0 Å². The van der Waals surface area contributed by atoms with Crippen molar-refractivity contribution in [2.24, 2.45) is 0 Å². The number of carbonyl (C=O) groups excluding carboxylic acids is 1. The van der Waals surface area contributed by atoms with Crippen LogP contribution in [-0.4, -0.2) is 56.1 Å². The fourth-order valence-electron chi connectivity index (χ4n) is 4.73. The molecular weight excluding hydrogens is 547 g/mol. The van der Waals surface area contributed by atoms with Gasteiger partial charge in [-0.15, -0.1) is 5.10 Å². The van der Waals surface area contributed by atoms with Gasteiger partial charge < -0.3 is 15.0 Å². The molecule has 0 radical (unpaired) electrons. The minimum atomic E-state index is -2.89. The smallest absolute Gasteiger partial charge is 0.299 e. The third-order valence-corrected chi connectivity index (χ3v) is 7.02. The first-order chi connectivity index (χ1) is 19.2. The maximum Gasteiger partial charge on any atom is 0.299 e. The van der Waals surface area contributed by atoms with Gasteiger partial charge in [-0.25, -0.2) is 22.8 Å². The molecule has 5 rings (SSSR count). The molecule has 210 valence electrons. The van der Waals surface area contributed by atoms with E-state index in [1.54, 1.807) is 10.9 Å². The van der Waals surface area contributed by atoms with Gasteiger partial charge in [0.2, 0.25) is 5.82 Å². The number of aromatic nitrogens is 5. The van der Waals surface area contributed by atoms with Crippen LogP contribution in [-0.2, 0) is 37.4 Å². The maximum absolute atomic E-state index is 15.0. The highest BCUT2D eigenvalue weighted by Gasteiger charge is 2.21. The molecule has 1 amide bonds. The van der Waals surface area contributed by atoms with Crippen LogP contribution >= 0.6 is 11.6 Å². The highest BCUT2D eigenvalue weighted by Crippen LogP contribution is 2.26. The summed E-state index contributed by atoms with van der Waals surface area (Å²) in [7, 11) is 3.59. The van der Waals surface area contributed by atoms with E-state index in [0.29, 0.717) is 12.2 Å². The summed E-state index contributed by atoms with van der Waals surface area (Å²) in [5.74, 6) is -2.02. The van der Waals surface area contributed by atoms with Gasteiger partial charge >= 0.3 is 0 Å². The van der Waals surface area contributed by atoms with Crippen LogP contribution in [0.4, 0.5) is 13.2 Å². The molecule has 9 nitrogen and oxygen atoms in total. The predicted molar refractivity (Wildman–Crippen MR) is 141 cm³/mol. The van der Waals surface area contributed by atoms with Crippen LogP contribution in [0, 0.1) is 5.82 Å². The molecule has 2 aromatic carbocycles. The number of rotatable bonds is 9. The molecule has 0 spiro atoms. The number of benzene rings is 2. The minimum absolute atomic E-state index is 0.0359. The molecular formula is C27H27ClF3N7O2. The number of halogens is 4. The third kappa shape index (κ3) is 5.88. The summed E-state index contributed by atoms with van der Waals surface area (Å²) in [5, 5.41) is 10.8. The lowest BCUT2D eigenvalue weighted by molar-refractivity contribution is 0.0945. The van der Waals surface area contributed by atoms with E-state index in [1.165, 1.54) is 30.4 Å². The molecule has 3 heterocycles. The Balaban J connectivity index is 1.36. The molecule has 13 heteroatoms. The van der Waals surface area contributed by atoms with Gasteiger partial charge in [0.05, 0.1) is 29.4 Å². The largest absolute Gasteiger partial charge is 0.378 e. The number of nitrogens with zero attached hydrogens (tertiary/aromatic N) is 6. The van der Waals surface area contributed by atoms with Gasteiger partial charge in [0.1, 0.15) is 17.8 Å². The molecule has 1 aliphatic rings. The zero-order chi connectivity index (χ0) is 28.4. The first-order valence-electron chi connectivity index (χ1n) is 12.5. The van der Waals surface area contributed by atoms with Crippen LogP contribution in [0.5, 0.6) is 0 Å². The molecule has 0 aliphatic carbocycles. The number of hydrogen-bond donors (Lipinski definition) is 1. The molecule has 0 unspecified atom stereocenters. The van der Waals surface area contributed by atoms with E-state index in [0.717, 1.165) is 36.1 Å². The first-order valence-corrected chi connectivity index (χ1v) is 12.9. The van der Waals surface area contributed by atoms with E-state index >= 15 is 4.39 Å². The standard InChI is InChI=1S/C27H27ClF3N7O2/c1-36-8-7-17-4-3-16(9-18(17)12-36)11-37-13-20(22(34-37)14-40-2)27(39)32-10-19-23(6-5-21(28)24(19)29)38-15-33-26(35-38)25(30)31/h3-6,9,13,15,25H,7-8,10-12,14H2,1-2H3,(H,32,39). The van der Waals surface area contributed by atoms with E-state index in [4.69, 9.17) is 16.3 Å². The summed E-state index contributed by atoms with van der Waals surface area (Å²) in [4.78, 5) is 19.1. The van der Waals surface area contributed by atoms with Gasteiger partial charge in [-0.1, -0.05) is 29.8 Å². The average Bonchev–Trinajstić information content (AvgIpc) is 3.57. The number of alkyl halides is 2. The number of hydrogen-bond acceptors (Lipinski definition) is 6. The van der Waals surface area contributed by atoms with E-state index in [-0.39, 0.29) is 35.0 Å². The molecule has 4 aromatic rings. The highest BCUT2D eigenvalue weighted by atomic mass is 35.5. The van der Waals surface area contributed by atoms with E-state index in [9.17, 15) is 13.6 Å². The molecule has 0 saturated carbocycles. The summed E-state index contributed by atoms with van der Waals surface area (Å²) in [6.45, 7) is 2.16. The van der Waals surface area contributed by atoms with Crippen molar-refractivity contribution >= 4 is 17.5 Å². The Morgan fingerprint density at radius 3 is 2.77 bits per heavy atom. The lowest BCUT2D eigenvalue weighted by atomic mass is 9.98. The monoisotopic (exact) mass is 573 g/mol. The van der Waals surface area contributed by atoms with E-state index < -0.39 is 24.0 Å². The summed E-state index contributed by atoms with van der Waals surface area (Å²) in [5.41, 5.74) is 4.44. The van der Waals surface area contributed by atoms with Crippen LogP contribution in [0.1, 0.15) is 50.6 Å². The van der Waals surface area contributed by atoms with Crippen LogP contribution in [0.2, 0.25) is 5.02 Å². The Labute approximate surface area is 233 Å². The second kappa shape index (κ2) is 11.8. The van der Waals surface area contributed by atoms with Crippen molar-refractivity contribution in [1.29, 1.82) is 0 Å². The SMILES string of the molecule is COCc1nn(Cc2ccc3c(c2)CN(C)CC3)cc1C(=O)NCc1c(-n2cnc(C(F)F)n2)ccc(Cl)c1F. The van der Waals surface area contributed by atoms with Gasteiger partial charge in [0.15, 0.2) is 0 Å². The Morgan fingerprint density at radius 2 is 2.02 bits per heavy atom. The van der Waals surface area contributed by atoms with Crippen molar-refractivity contribution in [3.63, 3.8) is 0 Å². The molecule has 1 N–H and O–H groups in total. The second-order valence-corrected chi connectivity index (χ2v) is 10.0. The van der Waals surface area contributed by atoms with Gasteiger partial charge in [-0.05, 0) is 42.3 Å². The molecule has 0 fully saturated rings. The van der Waals surface area contributed by atoms with Gasteiger partial charge in [0, 0.05) is 38.5 Å². The molecule has 0 bridgehead atoms. The third-order valence-electron chi connectivity index (χ3n) is 6.73. The Morgan fingerprint density at radius 1 is 1.20 bits per heavy atom. The number of methoxy groups -OCH3 is 1. The number of carbonyl (C=O) groups is 1. The van der Waals surface area contributed by atoms with Crippen LogP contribution in [0.25, 0.3) is 5.69 Å². The van der Waals surface area contributed by atoms with Crippen LogP contribution in [0.15, 0.2) is 42.9 Å². The number of nitrogens with one attached hydrogen (secondary N) is 1. The maximum atomic E-state index is 15.0. The second-order valence-electron chi connectivity index (χ2n) is 9.60. The number of ether oxygens (including phenoxy) is 1. The normalized spacial score (nSPS) is 13.6. The van der Waals surface area contributed by atoms with Crippen molar-refractivity contribution in [3.05, 3.63) is 93.0 Å². The lowest BCUT2D eigenvalue weighted by Crippen LogP contribution is -2.26. The molecule has 40 heavy (non-hydrogen) atoms. The zero-order valence-corrected chi connectivity index (χ0v) is 22.6. The predicted octanol–water partition coefficient (Wildman–Crippen LogP) is 4.31. The summed E-state index contributed by atoms with van der Waals surface area (Å²) >= 11 is 5.97. The van der Waals surface area contributed by atoms with Gasteiger partial charge in [-0.2, -0.15) is 5.10 Å². The number of amides is 1. The Bertz CT molecular complexity index is 1540. The van der Waals surface area contributed by atoms with Crippen LogP contribution < -0.4 is 5.32 Å². The molecule has 0 saturated heterocycles. The summed E-state index contributed by atoms with van der Waals surface area (Å²) in [6.07, 6.45) is 0.793. The number of fused-ring (bicyclic) bond motifs is 1. The molecule has 0 atom stereocenters. The lowest BCUT2D eigenvalue weighted by Gasteiger charge is -2.25. The Kier molecular flexibility index (Phi) is 8.19. The van der Waals surface area contributed by atoms with Crippen molar-refractivity contribution in [3.8, 4) is 5.69 Å². The highest BCUT2D eigenvalue weighted by molar-refractivity contribution is 6.30. The topological polar surface area (TPSA) is 90.1 Å².